The SMILES string of the molecule is Cc1ccc(C)c(C(C(=O)NCc2ccccc2)N(CC#N)C(=O)C(CC(N)=O)NC(=O)OC(C)(C)C)c1. The van der Waals surface area contributed by atoms with E-state index in [1.54, 1.807) is 33.8 Å². The van der Waals surface area contributed by atoms with E-state index >= 15 is 0 Å². The molecule has 0 bridgehead atoms. The van der Waals surface area contributed by atoms with Crippen molar-refractivity contribution in [3.63, 3.8) is 0 Å². The Morgan fingerprint density at radius 2 is 1.74 bits per heavy atom. The van der Waals surface area contributed by atoms with Crippen LogP contribution in [-0.4, -0.2) is 46.9 Å². The molecule has 0 aromatic heterocycles. The summed E-state index contributed by atoms with van der Waals surface area (Å²) in [6.07, 6.45) is -1.49. The molecule has 0 aliphatic carbocycles. The second-order valence-corrected chi connectivity index (χ2v) is 9.96. The molecule has 10 heteroatoms. The largest absolute Gasteiger partial charge is 0.444 e. The lowest BCUT2D eigenvalue weighted by Gasteiger charge is -2.33. The number of nitrogens with zero attached hydrogens (tertiary/aromatic N) is 2. The second-order valence-electron chi connectivity index (χ2n) is 9.96. The Balaban J connectivity index is 2.50. The maximum absolute atomic E-state index is 13.8. The lowest BCUT2D eigenvalue weighted by molar-refractivity contribution is -0.142. The summed E-state index contributed by atoms with van der Waals surface area (Å²) in [5.41, 5.74) is 7.42. The number of hydrogen-bond acceptors (Lipinski definition) is 6. The van der Waals surface area contributed by atoms with E-state index in [9.17, 15) is 24.4 Å². The fraction of sp³-hybridized carbons (Fsp3) is 0.393. The van der Waals surface area contributed by atoms with Crippen molar-refractivity contribution in [3.05, 3.63) is 70.8 Å². The number of benzene rings is 2. The van der Waals surface area contributed by atoms with Gasteiger partial charge in [-0.2, -0.15) is 5.26 Å². The van der Waals surface area contributed by atoms with Crippen molar-refractivity contribution in [3.8, 4) is 6.07 Å². The summed E-state index contributed by atoms with van der Waals surface area (Å²) in [5.74, 6) is -2.20. The molecule has 2 aromatic carbocycles. The molecule has 0 spiro atoms. The van der Waals surface area contributed by atoms with Gasteiger partial charge in [0.2, 0.25) is 17.7 Å². The Morgan fingerprint density at radius 1 is 1.08 bits per heavy atom. The number of nitrogens with one attached hydrogen (secondary N) is 2. The summed E-state index contributed by atoms with van der Waals surface area (Å²) in [6, 6.07) is 13.9. The first-order chi connectivity index (χ1) is 17.8. The molecule has 0 saturated heterocycles. The highest BCUT2D eigenvalue weighted by molar-refractivity contribution is 5.94. The predicted octanol–water partition coefficient (Wildman–Crippen LogP) is 2.78. The van der Waals surface area contributed by atoms with E-state index in [0.717, 1.165) is 21.6 Å². The molecule has 0 aliphatic heterocycles. The lowest BCUT2D eigenvalue weighted by Crippen LogP contribution is -2.54. The minimum absolute atomic E-state index is 0.191. The molecule has 2 rings (SSSR count). The van der Waals surface area contributed by atoms with Gasteiger partial charge in [-0.15, -0.1) is 0 Å². The van der Waals surface area contributed by atoms with E-state index in [4.69, 9.17) is 10.5 Å². The van der Waals surface area contributed by atoms with Crippen LogP contribution in [0.1, 0.15) is 55.5 Å². The van der Waals surface area contributed by atoms with Gasteiger partial charge in [-0.1, -0.05) is 54.1 Å². The predicted molar refractivity (Wildman–Crippen MR) is 141 cm³/mol. The summed E-state index contributed by atoms with van der Waals surface area (Å²) in [5, 5.41) is 14.8. The van der Waals surface area contributed by atoms with E-state index < -0.39 is 54.5 Å². The molecule has 2 atom stereocenters. The average molecular weight is 522 g/mol. The number of aryl methyl sites for hydroxylation is 2. The normalized spacial score (nSPS) is 12.4. The first kappa shape index (κ1) is 29.8. The summed E-state index contributed by atoms with van der Waals surface area (Å²) in [4.78, 5) is 52.7. The Hall–Kier alpha value is -4.39. The van der Waals surface area contributed by atoms with Crippen LogP contribution in [0.4, 0.5) is 4.79 Å². The van der Waals surface area contributed by atoms with Crippen LogP contribution in [0.15, 0.2) is 48.5 Å². The van der Waals surface area contributed by atoms with Crippen LogP contribution in [0.5, 0.6) is 0 Å². The van der Waals surface area contributed by atoms with Gasteiger partial charge in [0.05, 0.1) is 12.5 Å². The molecule has 0 heterocycles. The minimum atomic E-state index is -1.45. The maximum Gasteiger partial charge on any atom is 0.408 e. The van der Waals surface area contributed by atoms with Crippen molar-refractivity contribution < 1.29 is 23.9 Å². The van der Waals surface area contributed by atoms with Crippen molar-refractivity contribution in [2.75, 3.05) is 6.54 Å². The van der Waals surface area contributed by atoms with E-state index in [2.05, 4.69) is 10.6 Å². The fourth-order valence-electron chi connectivity index (χ4n) is 3.81. The van der Waals surface area contributed by atoms with Gasteiger partial charge < -0.3 is 26.0 Å². The molecule has 10 nitrogen and oxygen atoms in total. The Morgan fingerprint density at radius 3 is 2.32 bits per heavy atom. The lowest BCUT2D eigenvalue weighted by atomic mass is 9.96. The first-order valence-electron chi connectivity index (χ1n) is 12.2. The van der Waals surface area contributed by atoms with Crippen molar-refractivity contribution >= 4 is 23.8 Å². The number of nitrogens with two attached hydrogens (primary N) is 1. The quantitative estimate of drug-likeness (QED) is 0.409. The molecule has 0 aliphatic rings. The van der Waals surface area contributed by atoms with E-state index in [1.165, 1.54) is 0 Å². The van der Waals surface area contributed by atoms with Gasteiger partial charge in [0.25, 0.3) is 0 Å². The van der Waals surface area contributed by atoms with E-state index in [-0.39, 0.29) is 6.54 Å². The second kappa shape index (κ2) is 13.2. The number of ether oxygens (including phenoxy) is 1. The standard InChI is InChI=1S/C28H35N5O5/c1-18-11-12-19(2)21(15-18)24(25(35)31-17-20-9-7-6-8-10-20)33(14-13-29)26(36)22(16-23(30)34)32-27(37)38-28(3,4)5/h6-12,15,22,24H,14,16-17H2,1-5H3,(H2,30,34)(H,31,35)(H,32,37). The third-order valence-electron chi connectivity index (χ3n) is 5.52. The van der Waals surface area contributed by atoms with Crippen molar-refractivity contribution in [2.45, 2.75) is 65.3 Å². The highest BCUT2D eigenvalue weighted by atomic mass is 16.6. The van der Waals surface area contributed by atoms with Crippen LogP contribution in [0.2, 0.25) is 0 Å². The van der Waals surface area contributed by atoms with E-state index in [0.29, 0.717) is 5.56 Å². The molecule has 38 heavy (non-hydrogen) atoms. The van der Waals surface area contributed by atoms with Gasteiger partial charge in [-0.3, -0.25) is 14.4 Å². The zero-order valence-corrected chi connectivity index (χ0v) is 22.4. The third kappa shape index (κ3) is 8.92. The van der Waals surface area contributed by atoms with Gasteiger partial charge in [0.1, 0.15) is 24.2 Å². The molecule has 0 radical (unpaired) electrons. The summed E-state index contributed by atoms with van der Waals surface area (Å²) >= 11 is 0. The highest BCUT2D eigenvalue weighted by Crippen LogP contribution is 2.27. The summed E-state index contributed by atoms with van der Waals surface area (Å²) < 4.78 is 5.24. The smallest absolute Gasteiger partial charge is 0.408 e. The summed E-state index contributed by atoms with van der Waals surface area (Å²) in [7, 11) is 0. The van der Waals surface area contributed by atoms with Gasteiger partial charge in [0.15, 0.2) is 0 Å². The fourth-order valence-corrected chi connectivity index (χ4v) is 3.81. The highest BCUT2D eigenvalue weighted by Gasteiger charge is 2.37. The van der Waals surface area contributed by atoms with Crippen molar-refractivity contribution in [1.29, 1.82) is 5.26 Å². The number of carbonyl (C=O) groups is 4. The minimum Gasteiger partial charge on any atom is -0.444 e. The summed E-state index contributed by atoms with van der Waals surface area (Å²) in [6.45, 7) is 8.28. The number of hydrogen-bond donors (Lipinski definition) is 3. The average Bonchev–Trinajstić information content (AvgIpc) is 2.82. The topological polar surface area (TPSA) is 155 Å². The number of nitriles is 1. The molecule has 0 fully saturated rings. The molecule has 2 aromatic rings. The first-order valence-corrected chi connectivity index (χ1v) is 12.2. The maximum atomic E-state index is 13.8. The van der Waals surface area contributed by atoms with Crippen LogP contribution < -0.4 is 16.4 Å². The van der Waals surface area contributed by atoms with Gasteiger partial charge in [-0.25, -0.2) is 4.79 Å². The Bertz CT molecular complexity index is 1200. The molecule has 0 saturated carbocycles. The zero-order valence-electron chi connectivity index (χ0n) is 22.4. The van der Waals surface area contributed by atoms with Crippen molar-refractivity contribution in [1.82, 2.24) is 15.5 Å². The monoisotopic (exact) mass is 521 g/mol. The number of rotatable bonds is 10. The van der Waals surface area contributed by atoms with Gasteiger partial charge >= 0.3 is 6.09 Å². The van der Waals surface area contributed by atoms with Crippen LogP contribution in [0.3, 0.4) is 0 Å². The molecule has 2 unspecified atom stereocenters. The van der Waals surface area contributed by atoms with Crippen molar-refractivity contribution in [2.24, 2.45) is 5.73 Å². The number of amides is 4. The number of carbonyl (C=O) groups excluding carboxylic acids is 4. The molecule has 202 valence electrons. The molecular formula is C28H35N5O5. The van der Waals surface area contributed by atoms with Gasteiger partial charge in [0, 0.05) is 6.54 Å². The zero-order chi connectivity index (χ0) is 28.5. The molecule has 4 amide bonds. The third-order valence-corrected chi connectivity index (χ3v) is 5.52. The Labute approximate surface area is 223 Å². The van der Waals surface area contributed by atoms with E-state index in [1.807, 2.05) is 55.5 Å². The Kier molecular flexibility index (Phi) is 10.4. The number of primary amides is 1. The van der Waals surface area contributed by atoms with Gasteiger partial charge in [-0.05, 0) is 51.3 Å². The van der Waals surface area contributed by atoms with Crippen LogP contribution in [0, 0.1) is 25.2 Å². The van der Waals surface area contributed by atoms with Crippen LogP contribution >= 0.6 is 0 Å². The van der Waals surface area contributed by atoms with Crippen LogP contribution in [0.25, 0.3) is 0 Å². The molecular weight excluding hydrogens is 486 g/mol. The number of alkyl carbamates (subject to hydrolysis) is 1. The van der Waals surface area contributed by atoms with Crippen LogP contribution in [-0.2, 0) is 25.7 Å². The molecule has 4 N–H and O–H groups in total.